The second-order valence-corrected chi connectivity index (χ2v) is 4.77. The van der Waals surface area contributed by atoms with E-state index in [1.165, 1.54) is 6.42 Å². The first-order chi connectivity index (χ1) is 7.65. The van der Waals surface area contributed by atoms with Crippen molar-refractivity contribution in [1.29, 1.82) is 0 Å². The Bertz CT molecular complexity index is 213. The molecule has 1 amide bonds. The van der Waals surface area contributed by atoms with Crippen LogP contribution in [0.4, 0.5) is 0 Å². The summed E-state index contributed by atoms with van der Waals surface area (Å²) >= 11 is 0. The average molecular weight is 228 g/mol. The molecule has 0 radical (unpaired) electrons. The molecule has 1 aliphatic heterocycles. The van der Waals surface area contributed by atoms with Gasteiger partial charge in [0, 0.05) is 13.7 Å². The van der Waals surface area contributed by atoms with Crippen molar-refractivity contribution < 1.29 is 9.53 Å². The van der Waals surface area contributed by atoms with Gasteiger partial charge in [0.05, 0.1) is 12.1 Å². The van der Waals surface area contributed by atoms with Crippen LogP contribution in [-0.2, 0) is 9.53 Å². The van der Waals surface area contributed by atoms with E-state index in [0.717, 1.165) is 19.4 Å². The number of rotatable bonds is 5. The summed E-state index contributed by atoms with van der Waals surface area (Å²) < 4.78 is 5.31. The molecule has 0 aromatic heterocycles. The van der Waals surface area contributed by atoms with E-state index in [-0.39, 0.29) is 18.1 Å². The number of hydrogen-bond acceptors (Lipinski definition) is 3. The topological polar surface area (TPSA) is 50.4 Å². The first-order valence-corrected chi connectivity index (χ1v) is 6.19. The minimum Gasteiger partial charge on any atom is -0.379 e. The van der Waals surface area contributed by atoms with Crippen LogP contribution < -0.4 is 10.6 Å². The van der Waals surface area contributed by atoms with Gasteiger partial charge in [0.2, 0.25) is 5.91 Å². The van der Waals surface area contributed by atoms with E-state index in [4.69, 9.17) is 4.74 Å². The first kappa shape index (κ1) is 13.5. The predicted octanol–water partition coefficient (Wildman–Crippen LogP) is 0.916. The maximum Gasteiger partial charge on any atom is 0.237 e. The highest BCUT2D eigenvalue weighted by molar-refractivity contribution is 5.81. The lowest BCUT2D eigenvalue weighted by Crippen LogP contribution is -2.48. The maximum absolute atomic E-state index is 11.8. The Hall–Kier alpha value is -0.610. The van der Waals surface area contributed by atoms with Crippen LogP contribution in [0.15, 0.2) is 0 Å². The number of amides is 1. The van der Waals surface area contributed by atoms with Gasteiger partial charge in [-0.1, -0.05) is 20.3 Å². The molecular formula is C12H24N2O2. The minimum atomic E-state index is -0.00146. The van der Waals surface area contributed by atoms with E-state index in [1.807, 2.05) is 0 Å². The van der Waals surface area contributed by atoms with E-state index in [2.05, 4.69) is 24.5 Å². The summed E-state index contributed by atoms with van der Waals surface area (Å²) in [5.74, 6) is 0.534. The van der Waals surface area contributed by atoms with Gasteiger partial charge >= 0.3 is 0 Å². The molecule has 0 saturated carbocycles. The quantitative estimate of drug-likeness (QED) is 0.735. The Morgan fingerprint density at radius 2 is 2.25 bits per heavy atom. The molecule has 0 spiro atoms. The molecule has 1 saturated heterocycles. The molecule has 1 aliphatic rings. The van der Waals surface area contributed by atoms with E-state index in [0.29, 0.717) is 12.5 Å². The van der Waals surface area contributed by atoms with Crippen molar-refractivity contribution in [3.63, 3.8) is 0 Å². The van der Waals surface area contributed by atoms with Gasteiger partial charge in [0.1, 0.15) is 0 Å². The molecule has 2 N–H and O–H groups in total. The van der Waals surface area contributed by atoms with E-state index in [9.17, 15) is 4.79 Å². The number of methoxy groups -OCH3 is 1. The van der Waals surface area contributed by atoms with Crippen LogP contribution in [0.1, 0.15) is 33.1 Å². The van der Waals surface area contributed by atoms with Crippen molar-refractivity contribution in [2.45, 2.75) is 45.3 Å². The SMILES string of the molecule is COC(CNC(=O)C1CCCCN1)C(C)C. The van der Waals surface area contributed by atoms with Gasteiger partial charge < -0.3 is 15.4 Å². The summed E-state index contributed by atoms with van der Waals surface area (Å²) in [5, 5.41) is 6.20. The first-order valence-electron chi connectivity index (χ1n) is 6.19. The normalized spacial score (nSPS) is 23.1. The lowest BCUT2D eigenvalue weighted by Gasteiger charge is -2.25. The van der Waals surface area contributed by atoms with Gasteiger partial charge in [-0.05, 0) is 25.3 Å². The lowest BCUT2D eigenvalue weighted by atomic mass is 10.0. The van der Waals surface area contributed by atoms with Crippen LogP contribution in [0.25, 0.3) is 0 Å². The third-order valence-electron chi connectivity index (χ3n) is 3.15. The Kier molecular flexibility index (Phi) is 5.77. The zero-order valence-electron chi connectivity index (χ0n) is 10.6. The number of carbonyl (C=O) groups is 1. The van der Waals surface area contributed by atoms with Gasteiger partial charge in [-0.25, -0.2) is 0 Å². The summed E-state index contributed by atoms with van der Waals surface area (Å²) in [6.45, 7) is 5.75. The molecule has 94 valence electrons. The van der Waals surface area contributed by atoms with Crippen molar-refractivity contribution in [1.82, 2.24) is 10.6 Å². The van der Waals surface area contributed by atoms with Gasteiger partial charge in [0.15, 0.2) is 0 Å². The smallest absolute Gasteiger partial charge is 0.237 e. The van der Waals surface area contributed by atoms with Crippen molar-refractivity contribution in [3.05, 3.63) is 0 Å². The van der Waals surface area contributed by atoms with Crippen molar-refractivity contribution in [2.75, 3.05) is 20.2 Å². The second kappa shape index (κ2) is 6.86. The number of nitrogens with one attached hydrogen (secondary N) is 2. The predicted molar refractivity (Wildman–Crippen MR) is 64.3 cm³/mol. The summed E-state index contributed by atoms with van der Waals surface area (Å²) in [4.78, 5) is 11.8. The molecule has 1 fully saturated rings. The molecule has 0 aromatic rings. The Labute approximate surface area is 98.1 Å². The molecule has 0 aliphatic carbocycles. The number of ether oxygens (including phenoxy) is 1. The van der Waals surface area contributed by atoms with Gasteiger partial charge in [-0.3, -0.25) is 4.79 Å². The van der Waals surface area contributed by atoms with Crippen molar-refractivity contribution in [3.8, 4) is 0 Å². The number of piperidine rings is 1. The monoisotopic (exact) mass is 228 g/mol. The Morgan fingerprint density at radius 1 is 1.50 bits per heavy atom. The third-order valence-corrected chi connectivity index (χ3v) is 3.15. The summed E-state index contributed by atoms with van der Waals surface area (Å²) in [7, 11) is 1.69. The molecule has 4 nitrogen and oxygen atoms in total. The standard InChI is InChI=1S/C12H24N2O2/c1-9(2)11(16-3)8-14-12(15)10-6-4-5-7-13-10/h9-11,13H,4-8H2,1-3H3,(H,14,15). The molecule has 1 rings (SSSR count). The average Bonchev–Trinajstić information content (AvgIpc) is 2.30. The summed E-state index contributed by atoms with van der Waals surface area (Å²) in [6, 6.07) is -0.00146. The van der Waals surface area contributed by atoms with Gasteiger partial charge in [-0.2, -0.15) is 0 Å². The van der Waals surface area contributed by atoms with E-state index >= 15 is 0 Å². The highest BCUT2D eigenvalue weighted by Gasteiger charge is 2.21. The fourth-order valence-corrected chi connectivity index (χ4v) is 1.99. The zero-order chi connectivity index (χ0) is 12.0. The fraction of sp³-hybridized carbons (Fsp3) is 0.917. The van der Waals surface area contributed by atoms with Crippen LogP contribution >= 0.6 is 0 Å². The zero-order valence-corrected chi connectivity index (χ0v) is 10.6. The Morgan fingerprint density at radius 3 is 2.75 bits per heavy atom. The molecule has 2 unspecified atom stereocenters. The van der Waals surface area contributed by atoms with E-state index in [1.54, 1.807) is 7.11 Å². The largest absolute Gasteiger partial charge is 0.379 e. The van der Waals surface area contributed by atoms with Crippen molar-refractivity contribution in [2.24, 2.45) is 5.92 Å². The van der Waals surface area contributed by atoms with Crippen molar-refractivity contribution >= 4 is 5.91 Å². The highest BCUT2D eigenvalue weighted by Crippen LogP contribution is 2.08. The van der Waals surface area contributed by atoms with Gasteiger partial charge in [-0.15, -0.1) is 0 Å². The van der Waals surface area contributed by atoms with Crippen LogP contribution in [0, 0.1) is 5.92 Å². The molecule has 4 heteroatoms. The number of carbonyl (C=O) groups excluding carboxylic acids is 1. The molecule has 16 heavy (non-hydrogen) atoms. The molecule has 0 aromatic carbocycles. The lowest BCUT2D eigenvalue weighted by molar-refractivity contribution is -0.124. The third kappa shape index (κ3) is 4.10. The van der Waals surface area contributed by atoms with Gasteiger partial charge in [0.25, 0.3) is 0 Å². The molecule has 0 bridgehead atoms. The molecular weight excluding hydrogens is 204 g/mol. The molecule has 2 atom stereocenters. The minimum absolute atomic E-state index is 0.00146. The maximum atomic E-state index is 11.8. The highest BCUT2D eigenvalue weighted by atomic mass is 16.5. The van der Waals surface area contributed by atoms with Crippen LogP contribution in [-0.4, -0.2) is 38.3 Å². The fourth-order valence-electron chi connectivity index (χ4n) is 1.99. The van der Waals surface area contributed by atoms with Crippen LogP contribution in [0.3, 0.4) is 0 Å². The summed E-state index contributed by atoms with van der Waals surface area (Å²) in [6.07, 6.45) is 3.37. The number of hydrogen-bond donors (Lipinski definition) is 2. The Balaban J connectivity index is 2.27. The molecule has 1 heterocycles. The summed E-state index contributed by atoms with van der Waals surface area (Å²) in [5.41, 5.74) is 0. The second-order valence-electron chi connectivity index (χ2n) is 4.77. The van der Waals surface area contributed by atoms with Crippen LogP contribution in [0.5, 0.6) is 0 Å². The van der Waals surface area contributed by atoms with Crippen LogP contribution in [0.2, 0.25) is 0 Å². The van der Waals surface area contributed by atoms with E-state index < -0.39 is 0 Å².